The third-order valence-corrected chi connectivity index (χ3v) is 5.45. The summed E-state index contributed by atoms with van der Waals surface area (Å²) in [6, 6.07) is 19.8. The molecule has 0 aromatic heterocycles. The van der Waals surface area contributed by atoms with Gasteiger partial charge in [-0.15, -0.1) is 0 Å². The summed E-state index contributed by atoms with van der Waals surface area (Å²) in [5.41, 5.74) is 2.79. The van der Waals surface area contributed by atoms with Gasteiger partial charge in [-0.2, -0.15) is 5.26 Å². The number of hydrogen-bond acceptors (Lipinski definition) is 2. The van der Waals surface area contributed by atoms with Crippen LogP contribution in [0, 0.1) is 23.2 Å². The first-order valence-corrected chi connectivity index (χ1v) is 9.03. The monoisotopic (exact) mass is 332 g/mol. The lowest BCUT2D eigenvalue weighted by molar-refractivity contribution is -0.121. The van der Waals surface area contributed by atoms with E-state index in [2.05, 4.69) is 41.7 Å². The first-order valence-electron chi connectivity index (χ1n) is 9.03. The molecule has 0 bridgehead atoms. The number of nitrogens with zero attached hydrogens (tertiary/aromatic N) is 1. The van der Waals surface area contributed by atoms with E-state index in [4.69, 9.17) is 5.26 Å². The van der Waals surface area contributed by atoms with Crippen molar-refractivity contribution in [1.29, 1.82) is 5.26 Å². The third-order valence-electron chi connectivity index (χ3n) is 5.45. The van der Waals surface area contributed by atoms with Crippen molar-refractivity contribution in [3.05, 3.63) is 65.7 Å². The average molecular weight is 332 g/mol. The summed E-state index contributed by atoms with van der Waals surface area (Å²) in [5, 5.41) is 11.8. The van der Waals surface area contributed by atoms with Gasteiger partial charge in [0.1, 0.15) is 0 Å². The Morgan fingerprint density at radius 2 is 1.68 bits per heavy atom. The second kappa shape index (κ2) is 7.98. The number of nitriles is 1. The normalized spacial score (nSPS) is 21.1. The number of rotatable bonds is 4. The highest BCUT2D eigenvalue weighted by atomic mass is 16.1. The molecule has 25 heavy (non-hydrogen) atoms. The SMILES string of the molecule is C[C@H](C(=O)Nc1ccc(C#N)cc1)[C@H]1CC[C@@H](c2ccccc2)CC1. The molecule has 0 saturated heterocycles. The van der Waals surface area contributed by atoms with E-state index in [0.29, 0.717) is 17.4 Å². The van der Waals surface area contributed by atoms with Crippen LogP contribution in [-0.2, 0) is 4.79 Å². The summed E-state index contributed by atoms with van der Waals surface area (Å²) in [5.74, 6) is 1.16. The second-order valence-corrected chi connectivity index (χ2v) is 6.99. The number of anilines is 1. The molecular formula is C22H24N2O. The Morgan fingerprint density at radius 3 is 2.28 bits per heavy atom. The van der Waals surface area contributed by atoms with E-state index in [1.165, 1.54) is 5.56 Å². The lowest BCUT2D eigenvalue weighted by Crippen LogP contribution is -2.29. The van der Waals surface area contributed by atoms with Gasteiger partial charge in [0.25, 0.3) is 0 Å². The predicted octanol–water partition coefficient (Wildman–Crippen LogP) is 5.11. The van der Waals surface area contributed by atoms with E-state index in [0.717, 1.165) is 31.4 Å². The van der Waals surface area contributed by atoms with Gasteiger partial charge in [0, 0.05) is 11.6 Å². The fraction of sp³-hybridized carbons (Fsp3) is 0.364. The Morgan fingerprint density at radius 1 is 1.04 bits per heavy atom. The van der Waals surface area contributed by atoms with Gasteiger partial charge in [0.05, 0.1) is 11.6 Å². The van der Waals surface area contributed by atoms with E-state index in [1.807, 2.05) is 6.92 Å². The molecule has 1 fully saturated rings. The molecule has 1 amide bonds. The summed E-state index contributed by atoms with van der Waals surface area (Å²) in [6.45, 7) is 2.03. The Labute approximate surface area is 149 Å². The predicted molar refractivity (Wildman–Crippen MR) is 100 cm³/mol. The van der Waals surface area contributed by atoms with Crippen LogP contribution in [0.2, 0.25) is 0 Å². The highest BCUT2D eigenvalue weighted by Crippen LogP contribution is 2.38. The fourth-order valence-corrected chi connectivity index (χ4v) is 3.78. The minimum absolute atomic E-state index is 0.00682. The van der Waals surface area contributed by atoms with Crippen molar-refractivity contribution >= 4 is 11.6 Å². The largest absolute Gasteiger partial charge is 0.326 e. The molecule has 1 saturated carbocycles. The Balaban J connectivity index is 1.54. The molecule has 128 valence electrons. The van der Waals surface area contributed by atoms with Crippen LogP contribution in [0.25, 0.3) is 0 Å². The molecule has 0 radical (unpaired) electrons. The van der Waals surface area contributed by atoms with Crippen molar-refractivity contribution < 1.29 is 4.79 Å². The van der Waals surface area contributed by atoms with Crippen LogP contribution < -0.4 is 5.32 Å². The van der Waals surface area contributed by atoms with Crippen LogP contribution in [0.5, 0.6) is 0 Å². The number of carbonyl (C=O) groups excluding carboxylic acids is 1. The summed E-state index contributed by atoms with van der Waals surface area (Å²) in [7, 11) is 0. The summed E-state index contributed by atoms with van der Waals surface area (Å²) < 4.78 is 0. The molecule has 0 spiro atoms. The van der Waals surface area contributed by atoms with E-state index in [-0.39, 0.29) is 11.8 Å². The molecule has 1 atom stereocenters. The summed E-state index contributed by atoms with van der Waals surface area (Å²) >= 11 is 0. The van der Waals surface area contributed by atoms with Crippen molar-refractivity contribution in [2.45, 2.75) is 38.5 Å². The molecule has 1 N–H and O–H groups in total. The van der Waals surface area contributed by atoms with Gasteiger partial charge < -0.3 is 5.32 Å². The number of carbonyl (C=O) groups is 1. The molecule has 3 heteroatoms. The van der Waals surface area contributed by atoms with Crippen molar-refractivity contribution in [3.63, 3.8) is 0 Å². The molecule has 1 aliphatic carbocycles. The highest BCUT2D eigenvalue weighted by Gasteiger charge is 2.29. The summed E-state index contributed by atoms with van der Waals surface area (Å²) in [6.07, 6.45) is 4.51. The lowest BCUT2D eigenvalue weighted by atomic mass is 9.74. The maximum atomic E-state index is 12.5. The second-order valence-electron chi connectivity index (χ2n) is 6.99. The molecule has 0 aliphatic heterocycles. The number of amides is 1. The maximum Gasteiger partial charge on any atom is 0.227 e. The van der Waals surface area contributed by atoms with Crippen molar-refractivity contribution in [1.82, 2.24) is 0 Å². The van der Waals surface area contributed by atoms with Gasteiger partial charge in [0.15, 0.2) is 0 Å². The zero-order valence-corrected chi connectivity index (χ0v) is 14.6. The molecule has 0 heterocycles. The highest BCUT2D eigenvalue weighted by molar-refractivity contribution is 5.92. The number of nitrogens with one attached hydrogen (secondary N) is 1. The standard InChI is InChI=1S/C22H24N2O/c1-16(22(25)24-21-13-7-17(15-23)8-14-21)18-9-11-20(12-10-18)19-5-3-2-4-6-19/h2-8,13-14,16,18,20H,9-12H2,1H3,(H,24,25)/t16-,18-,20+/m0/s1. The smallest absolute Gasteiger partial charge is 0.227 e. The molecule has 3 nitrogen and oxygen atoms in total. The lowest BCUT2D eigenvalue weighted by Gasteiger charge is -2.32. The van der Waals surface area contributed by atoms with Gasteiger partial charge in [0.2, 0.25) is 5.91 Å². The minimum atomic E-state index is 0.00682. The topological polar surface area (TPSA) is 52.9 Å². The first-order chi connectivity index (χ1) is 12.2. The number of hydrogen-bond donors (Lipinski definition) is 1. The maximum absolute atomic E-state index is 12.5. The molecule has 2 aromatic carbocycles. The van der Waals surface area contributed by atoms with Gasteiger partial charge in [-0.3, -0.25) is 4.79 Å². The van der Waals surface area contributed by atoms with E-state index >= 15 is 0 Å². The van der Waals surface area contributed by atoms with Gasteiger partial charge in [-0.05, 0) is 67.3 Å². The minimum Gasteiger partial charge on any atom is -0.326 e. The Bertz CT molecular complexity index is 738. The van der Waals surface area contributed by atoms with Crippen molar-refractivity contribution in [2.75, 3.05) is 5.32 Å². The number of benzene rings is 2. The van der Waals surface area contributed by atoms with Gasteiger partial charge in [-0.1, -0.05) is 37.3 Å². The van der Waals surface area contributed by atoms with Crippen LogP contribution in [0.3, 0.4) is 0 Å². The Hall–Kier alpha value is -2.60. The van der Waals surface area contributed by atoms with Crippen molar-refractivity contribution in [3.8, 4) is 6.07 Å². The van der Waals surface area contributed by atoms with Gasteiger partial charge in [-0.25, -0.2) is 0 Å². The molecule has 0 unspecified atom stereocenters. The molecule has 3 rings (SSSR count). The average Bonchev–Trinajstić information content (AvgIpc) is 2.69. The zero-order valence-electron chi connectivity index (χ0n) is 14.6. The van der Waals surface area contributed by atoms with Gasteiger partial charge >= 0.3 is 0 Å². The van der Waals surface area contributed by atoms with Crippen LogP contribution in [0.15, 0.2) is 54.6 Å². The quantitative estimate of drug-likeness (QED) is 0.846. The van der Waals surface area contributed by atoms with E-state index < -0.39 is 0 Å². The zero-order chi connectivity index (χ0) is 17.6. The van der Waals surface area contributed by atoms with Crippen LogP contribution in [-0.4, -0.2) is 5.91 Å². The van der Waals surface area contributed by atoms with Crippen LogP contribution in [0.1, 0.15) is 49.7 Å². The third kappa shape index (κ3) is 4.28. The molecular weight excluding hydrogens is 308 g/mol. The van der Waals surface area contributed by atoms with E-state index in [1.54, 1.807) is 24.3 Å². The van der Waals surface area contributed by atoms with E-state index in [9.17, 15) is 4.79 Å². The first kappa shape index (κ1) is 17.2. The van der Waals surface area contributed by atoms with Crippen molar-refractivity contribution in [2.24, 2.45) is 11.8 Å². The van der Waals surface area contributed by atoms with Crippen LogP contribution >= 0.6 is 0 Å². The van der Waals surface area contributed by atoms with Crippen LogP contribution in [0.4, 0.5) is 5.69 Å². The Kier molecular flexibility index (Phi) is 5.50. The summed E-state index contributed by atoms with van der Waals surface area (Å²) in [4.78, 5) is 12.5. The molecule has 2 aromatic rings. The fourth-order valence-electron chi connectivity index (χ4n) is 3.78. The molecule has 1 aliphatic rings.